The number of ether oxygens (including phenoxy) is 1. The molecule has 2 unspecified atom stereocenters. The first kappa shape index (κ1) is 17.1. The Bertz CT molecular complexity index is 769. The van der Waals surface area contributed by atoms with E-state index < -0.39 is 0 Å². The molecule has 1 aromatic carbocycles. The summed E-state index contributed by atoms with van der Waals surface area (Å²) in [7, 11) is 3.87. The molecule has 0 bridgehead atoms. The van der Waals surface area contributed by atoms with Gasteiger partial charge in [0.05, 0.1) is 18.9 Å². The Kier molecular flexibility index (Phi) is 4.68. The van der Waals surface area contributed by atoms with Crippen LogP contribution in [0.3, 0.4) is 0 Å². The lowest BCUT2D eigenvalue weighted by Gasteiger charge is -2.36. The molecule has 0 radical (unpaired) electrons. The van der Waals surface area contributed by atoms with Gasteiger partial charge in [0.15, 0.2) is 0 Å². The van der Waals surface area contributed by atoms with Crippen LogP contribution in [0.15, 0.2) is 40.7 Å². The third-order valence-corrected chi connectivity index (χ3v) is 5.44. The number of rotatable bonds is 3. The first-order chi connectivity index (χ1) is 12.7. The van der Waals surface area contributed by atoms with E-state index in [9.17, 15) is 0 Å². The maximum Gasteiger partial charge on any atom is 0.224 e. The van der Waals surface area contributed by atoms with Crippen molar-refractivity contribution in [2.24, 2.45) is 10.2 Å². The summed E-state index contributed by atoms with van der Waals surface area (Å²) in [4.78, 5) is 4.61. The minimum absolute atomic E-state index is 0.211. The van der Waals surface area contributed by atoms with Gasteiger partial charge in [-0.05, 0) is 63.5 Å². The average Bonchev–Trinajstić information content (AvgIpc) is 3.13. The minimum Gasteiger partial charge on any atom is -0.497 e. The van der Waals surface area contributed by atoms with Crippen molar-refractivity contribution in [2.75, 3.05) is 27.2 Å². The van der Waals surface area contributed by atoms with Gasteiger partial charge in [0.1, 0.15) is 5.75 Å². The van der Waals surface area contributed by atoms with E-state index in [-0.39, 0.29) is 6.04 Å². The number of piperidine rings is 1. The Morgan fingerprint density at radius 2 is 2.15 bits per heavy atom. The number of methoxy groups -OCH3 is 1. The molecule has 6 nitrogen and oxygen atoms in total. The van der Waals surface area contributed by atoms with Crippen LogP contribution in [0.4, 0.5) is 0 Å². The zero-order valence-electron chi connectivity index (χ0n) is 15.8. The molecule has 3 heterocycles. The van der Waals surface area contributed by atoms with Crippen LogP contribution in [0.2, 0.25) is 0 Å². The van der Waals surface area contributed by atoms with Crippen molar-refractivity contribution < 1.29 is 4.74 Å². The second-order valence-corrected chi connectivity index (χ2v) is 7.38. The predicted octanol–water partition coefficient (Wildman–Crippen LogP) is 2.35. The topological polar surface area (TPSA) is 52.5 Å². The summed E-state index contributed by atoms with van der Waals surface area (Å²) in [6.07, 6.45) is 7.70. The molecule has 0 spiro atoms. The number of fused-ring (bicyclic) bond motifs is 1. The van der Waals surface area contributed by atoms with Crippen molar-refractivity contribution in [1.29, 1.82) is 0 Å². The zero-order chi connectivity index (χ0) is 18.1. The molecule has 3 aliphatic heterocycles. The van der Waals surface area contributed by atoms with Gasteiger partial charge in [0.25, 0.3) is 0 Å². The van der Waals surface area contributed by atoms with Crippen LogP contribution in [0.1, 0.15) is 30.4 Å². The highest BCUT2D eigenvalue weighted by Gasteiger charge is 2.34. The molecule has 0 aliphatic carbocycles. The lowest BCUT2D eigenvalue weighted by Crippen LogP contribution is -2.54. The number of aryl methyl sites for hydroxylation is 1. The smallest absolute Gasteiger partial charge is 0.224 e. The highest BCUT2D eigenvalue weighted by Crippen LogP contribution is 2.27. The second kappa shape index (κ2) is 7.11. The van der Waals surface area contributed by atoms with Crippen molar-refractivity contribution in [3.8, 4) is 5.75 Å². The maximum atomic E-state index is 5.33. The molecule has 1 saturated heterocycles. The van der Waals surface area contributed by atoms with Crippen molar-refractivity contribution >= 4 is 11.7 Å². The number of guanidine groups is 1. The van der Waals surface area contributed by atoms with E-state index in [1.165, 1.54) is 19.4 Å². The molecular weight excluding hydrogens is 326 g/mol. The van der Waals surface area contributed by atoms with Gasteiger partial charge in [0, 0.05) is 24.4 Å². The van der Waals surface area contributed by atoms with Crippen LogP contribution >= 0.6 is 0 Å². The summed E-state index contributed by atoms with van der Waals surface area (Å²) < 4.78 is 5.33. The molecule has 3 aliphatic rings. The minimum atomic E-state index is 0.211. The maximum absolute atomic E-state index is 5.33. The third kappa shape index (κ3) is 3.21. The Hall–Kier alpha value is -2.34. The SMILES string of the molecule is COc1ccc(C2=NN=C(NC3CCCN(C)C3)N3C=CCC23)c(C)c1. The highest BCUT2D eigenvalue weighted by molar-refractivity contribution is 6.09. The molecule has 1 aromatic rings. The quantitative estimate of drug-likeness (QED) is 0.906. The first-order valence-corrected chi connectivity index (χ1v) is 9.36. The number of benzene rings is 1. The summed E-state index contributed by atoms with van der Waals surface area (Å²) in [6.45, 7) is 4.33. The van der Waals surface area contributed by atoms with Crippen LogP contribution in [0, 0.1) is 6.92 Å². The van der Waals surface area contributed by atoms with Gasteiger partial charge in [-0.3, -0.25) is 0 Å². The standard InChI is InChI=1S/C20H27N5O/c1-14-12-16(26-3)8-9-17(14)19-18-7-5-11-25(18)20(23-22-19)21-15-6-4-10-24(2)13-15/h5,8-9,11-12,15,18H,4,6-7,10,13H2,1-3H3,(H,21,23). The Morgan fingerprint density at radius 1 is 1.27 bits per heavy atom. The Balaban J connectivity index is 1.59. The van der Waals surface area contributed by atoms with Crippen LogP contribution in [-0.2, 0) is 0 Å². The summed E-state index contributed by atoms with van der Waals surface area (Å²) in [6, 6.07) is 6.78. The zero-order valence-corrected chi connectivity index (χ0v) is 15.8. The number of likely N-dealkylation sites (tertiary alicyclic amines) is 1. The number of nitrogens with zero attached hydrogens (tertiary/aromatic N) is 4. The molecular formula is C20H27N5O. The van der Waals surface area contributed by atoms with Crippen LogP contribution in [-0.4, -0.2) is 60.8 Å². The molecule has 0 aromatic heterocycles. The van der Waals surface area contributed by atoms with Crippen LogP contribution in [0.25, 0.3) is 0 Å². The van der Waals surface area contributed by atoms with Crippen LogP contribution < -0.4 is 10.1 Å². The fourth-order valence-corrected chi connectivity index (χ4v) is 4.06. The largest absolute Gasteiger partial charge is 0.497 e. The Labute approximate surface area is 155 Å². The third-order valence-electron chi connectivity index (χ3n) is 5.44. The highest BCUT2D eigenvalue weighted by atomic mass is 16.5. The van der Waals surface area contributed by atoms with E-state index in [2.05, 4.69) is 63.7 Å². The first-order valence-electron chi connectivity index (χ1n) is 9.36. The summed E-state index contributed by atoms with van der Waals surface area (Å²) >= 11 is 0. The van der Waals surface area contributed by atoms with E-state index in [0.717, 1.165) is 41.5 Å². The molecule has 0 saturated carbocycles. The van der Waals surface area contributed by atoms with Gasteiger partial charge >= 0.3 is 0 Å². The predicted molar refractivity (Wildman–Crippen MR) is 105 cm³/mol. The van der Waals surface area contributed by atoms with E-state index in [0.29, 0.717) is 6.04 Å². The van der Waals surface area contributed by atoms with Crippen molar-refractivity contribution in [3.05, 3.63) is 41.6 Å². The van der Waals surface area contributed by atoms with Crippen LogP contribution in [0.5, 0.6) is 5.75 Å². The number of nitrogens with one attached hydrogen (secondary N) is 1. The molecule has 2 atom stereocenters. The van der Waals surface area contributed by atoms with Gasteiger partial charge in [-0.15, -0.1) is 10.2 Å². The fraction of sp³-hybridized carbons (Fsp3) is 0.500. The molecule has 138 valence electrons. The van der Waals surface area contributed by atoms with Gasteiger partial charge in [-0.25, -0.2) is 0 Å². The van der Waals surface area contributed by atoms with Gasteiger partial charge in [-0.1, -0.05) is 6.08 Å². The van der Waals surface area contributed by atoms with Gasteiger partial charge in [0.2, 0.25) is 5.96 Å². The lowest BCUT2D eigenvalue weighted by atomic mass is 9.96. The van der Waals surface area contributed by atoms with E-state index in [1.54, 1.807) is 7.11 Å². The molecule has 0 amide bonds. The fourth-order valence-electron chi connectivity index (χ4n) is 4.06. The molecule has 1 N–H and O–H groups in total. The van der Waals surface area contributed by atoms with E-state index >= 15 is 0 Å². The summed E-state index contributed by atoms with van der Waals surface area (Å²) in [5.41, 5.74) is 3.33. The number of hydrogen-bond acceptors (Lipinski definition) is 6. The van der Waals surface area contributed by atoms with Gasteiger partial charge < -0.3 is 19.9 Å². The Morgan fingerprint density at radius 3 is 2.92 bits per heavy atom. The van der Waals surface area contributed by atoms with Crippen molar-refractivity contribution in [2.45, 2.75) is 38.3 Å². The number of likely N-dealkylation sites (N-methyl/N-ethyl adjacent to an activating group) is 1. The monoisotopic (exact) mass is 353 g/mol. The molecule has 1 fully saturated rings. The van der Waals surface area contributed by atoms with E-state index in [4.69, 9.17) is 4.74 Å². The lowest BCUT2D eigenvalue weighted by molar-refractivity contribution is 0.237. The van der Waals surface area contributed by atoms with E-state index in [1.807, 2.05) is 6.07 Å². The molecule has 6 heteroatoms. The van der Waals surface area contributed by atoms with Gasteiger partial charge in [-0.2, -0.15) is 0 Å². The summed E-state index contributed by atoms with van der Waals surface area (Å²) in [5.74, 6) is 1.75. The second-order valence-electron chi connectivity index (χ2n) is 7.38. The summed E-state index contributed by atoms with van der Waals surface area (Å²) in [5, 5.41) is 12.8. The molecule has 4 rings (SSSR count). The average molecular weight is 353 g/mol. The normalized spacial score (nSPS) is 25.6. The van der Waals surface area contributed by atoms with Crippen molar-refractivity contribution in [3.63, 3.8) is 0 Å². The molecule has 26 heavy (non-hydrogen) atoms. The van der Waals surface area contributed by atoms with Crippen molar-refractivity contribution in [1.82, 2.24) is 15.1 Å². The number of hydrogen-bond donors (Lipinski definition) is 1.